The van der Waals surface area contributed by atoms with Crippen molar-refractivity contribution in [3.63, 3.8) is 0 Å². The lowest BCUT2D eigenvalue weighted by Gasteiger charge is -1.96. The molecule has 0 aliphatic heterocycles. The summed E-state index contributed by atoms with van der Waals surface area (Å²) in [6, 6.07) is 0. The zero-order valence-corrected chi connectivity index (χ0v) is 11.0. The molecule has 0 aliphatic carbocycles. The van der Waals surface area contributed by atoms with Gasteiger partial charge in [0.2, 0.25) is 0 Å². The minimum atomic E-state index is -0.652. The number of aromatic amines is 1. The third-order valence-electron chi connectivity index (χ3n) is 2.23. The zero-order valence-electron chi connectivity index (χ0n) is 10.2. The quantitative estimate of drug-likeness (QED) is 0.555. The van der Waals surface area contributed by atoms with E-state index in [0.717, 1.165) is 11.8 Å². The molecule has 20 heavy (non-hydrogen) atoms. The normalized spacial score (nSPS) is 10.8. The molecule has 0 aromatic carbocycles. The fourth-order valence-corrected chi connectivity index (χ4v) is 2.15. The van der Waals surface area contributed by atoms with Gasteiger partial charge in [-0.1, -0.05) is 5.10 Å². The van der Waals surface area contributed by atoms with E-state index < -0.39 is 5.97 Å². The van der Waals surface area contributed by atoms with Crippen molar-refractivity contribution in [3.05, 3.63) is 18.5 Å². The molecule has 0 unspecified atom stereocenters. The lowest BCUT2D eigenvalue weighted by Crippen LogP contribution is -2.04. The van der Waals surface area contributed by atoms with Gasteiger partial charge in [0.1, 0.15) is 16.9 Å². The third-order valence-corrected chi connectivity index (χ3v) is 3.07. The van der Waals surface area contributed by atoms with Crippen LogP contribution in [0, 0.1) is 0 Å². The highest BCUT2D eigenvalue weighted by Gasteiger charge is 2.18. The van der Waals surface area contributed by atoms with Gasteiger partial charge in [0, 0.05) is 0 Å². The highest BCUT2D eigenvalue weighted by molar-refractivity contribution is 7.99. The van der Waals surface area contributed by atoms with E-state index in [-0.39, 0.29) is 17.7 Å². The van der Waals surface area contributed by atoms with Crippen LogP contribution in [0.25, 0.3) is 11.2 Å². The first-order valence-electron chi connectivity index (χ1n) is 5.60. The Morgan fingerprint density at radius 2 is 2.30 bits per heavy atom. The number of esters is 1. The Bertz CT molecular complexity index is 754. The summed E-state index contributed by atoms with van der Waals surface area (Å²) in [4.78, 5) is 26.4. The summed E-state index contributed by atoms with van der Waals surface area (Å²) < 4.78 is 9.96. The molecule has 0 amide bonds. The molecular weight excluding hydrogens is 284 g/mol. The summed E-state index contributed by atoms with van der Waals surface area (Å²) >= 11 is 1.11. The molecule has 10 heteroatoms. The fraction of sp³-hybridized carbons (Fsp3) is 0.200. The zero-order chi connectivity index (χ0) is 13.9. The Kier molecular flexibility index (Phi) is 3.29. The fourth-order valence-electron chi connectivity index (χ4n) is 1.43. The number of carbonyl (C=O) groups excluding carboxylic acids is 1. The minimum absolute atomic E-state index is 0.183. The number of H-pyrrole nitrogens is 1. The second kappa shape index (κ2) is 5.25. The molecule has 0 bridgehead atoms. The summed E-state index contributed by atoms with van der Waals surface area (Å²) in [5.74, 6) is -0.842. The number of nitrogens with zero attached hydrogens (tertiary/aromatic N) is 5. The van der Waals surface area contributed by atoms with Gasteiger partial charge in [0.25, 0.3) is 5.22 Å². The molecule has 0 saturated heterocycles. The summed E-state index contributed by atoms with van der Waals surface area (Å²) in [7, 11) is 0. The van der Waals surface area contributed by atoms with Crippen LogP contribution < -0.4 is 0 Å². The van der Waals surface area contributed by atoms with Crippen molar-refractivity contribution in [2.24, 2.45) is 0 Å². The summed E-state index contributed by atoms with van der Waals surface area (Å²) in [6.07, 6.45) is 2.90. The molecule has 0 radical (unpaired) electrons. The van der Waals surface area contributed by atoms with Crippen molar-refractivity contribution in [1.82, 2.24) is 30.1 Å². The number of rotatable bonds is 4. The maximum absolute atomic E-state index is 11.4. The number of imidazole rings is 1. The van der Waals surface area contributed by atoms with Gasteiger partial charge in [0.05, 0.1) is 12.9 Å². The molecular formula is C10H8N6O3S. The number of aromatic nitrogens is 6. The number of hydrogen-bond acceptors (Lipinski definition) is 9. The molecule has 0 aliphatic rings. The van der Waals surface area contributed by atoms with Crippen molar-refractivity contribution in [2.45, 2.75) is 17.2 Å². The molecule has 3 aromatic rings. The Labute approximate surface area is 116 Å². The topological polar surface area (TPSA) is 120 Å². The Hall–Kier alpha value is -2.49. The van der Waals surface area contributed by atoms with Gasteiger partial charge in [-0.3, -0.25) is 0 Å². The number of fused-ring (bicyclic) bond motifs is 1. The number of carbonyl (C=O) groups is 1. The maximum Gasteiger partial charge on any atom is 0.396 e. The smallest absolute Gasteiger partial charge is 0.396 e. The molecule has 0 atom stereocenters. The van der Waals surface area contributed by atoms with Crippen molar-refractivity contribution < 1.29 is 13.9 Å². The van der Waals surface area contributed by atoms with Gasteiger partial charge < -0.3 is 14.1 Å². The monoisotopic (exact) mass is 292 g/mol. The molecule has 3 aromatic heterocycles. The maximum atomic E-state index is 11.4. The summed E-state index contributed by atoms with van der Waals surface area (Å²) in [5.41, 5.74) is 1.20. The van der Waals surface area contributed by atoms with Crippen LogP contribution in [-0.2, 0) is 4.74 Å². The first kappa shape index (κ1) is 12.5. The van der Waals surface area contributed by atoms with Gasteiger partial charge in [0.15, 0.2) is 5.65 Å². The van der Waals surface area contributed by atoms with E-state index in [1.165, 1.54) is 12.7 Å². The highest BCUT2D eigenvalue weighted by Crippen LogP contribution is 2.28. The van der Waals surface area contributed by atoms with E-state index in [0.29, 0.717) is 16.2 Å². The van der Waals surface area contributed by atoms with Crippen molar-refractivity contribution in [2.75, 3.05) is 6.61 Å². The predicted octanol–water partition coefficient (Wildman–Crippen LogP) is 1.06. The number of hydrogen-bond donors (Lipinski definition) is 1. The lowest BCUT2D eigenvalue weighted by atomic mass is 10.6. The molecule has 0 fully saturated rings. The van der Waals surface area contributed by atoms with Crippen LogP contribution in [0.15, 0.2) is 27.3 Å². The van der Waals surface area contributed by atoms with E-state index in [2.05, 4.69) is 30.1 Å². The first-order valence-corrected chi connectivity index (χ1v) is 6.42. The van der Waals surface area contributed by atoms with E-state index in [9.17, 15) is 4.79 Å². The van der Waals surface area contributed by atoms with Gasteiger partial charge in [-0.15, -0.1) is 5.10 Å². The van der Waals surface area contributed by atoms with Crippen LogP contribution in [0.2, 0.25) is 0 Å². The first-order chi connectivity index (χ1) is 9.78. The van der Waals surface area contributed by atoms with Crippen molar-refractivity contribution in [1.29, 1.82) is 0 Å². The Morgan fingerprint density at radius 1 is 1.40 bits per heavy atom. The van der Waals surface area contributed by atoms with Crippen molar-refractivity contribution >= 4 is 28.9 Å². The number of ether oxygens (including phenoxy) is 1. The standard InChI is InChI=1S/C10H8N6O3S/c1-2-18-9(17)7-15-16-10(19-7)20-8-5-6(12-3-11-5)13-4-14-8/h3-4H,2H2,1H3,(H,11,12,13,14). The van der Waals surface area contributed by atoms with Gasteiger partial charge in [-0.25, -0.2) is 19.7 Å². The van der Waals surface area contributed by atoms with Crippen LogP contribution in [0.1, 0.15) is 17.6 Å². The van der Waals surface area contributed by atoms with Gasteiger partial charge >= 0.3 is 11.9 Å². The predicted molar refractivity (Wildman–Crippen MR) is 66.1 cm³/mol. The van der Waals surface area contributed by atoms with E-state index in [1.54, 1.807) is 6.92 Å². The lowest BCUT2D eigenvalue weighted by molar-refractivity contribution is 0.0475. The van der Waals surface area contributed by atoms with Crippen LogP contribution >= 0.6 is 11.8 Å². The highest BCUT2D eigenvalue weighted by atomic mass is 32.2. The molecule has 0 spiro atoms. The average Bonchev–Trinajstić information content (AvgIpc) is 3.08. The Morgan fingerprint density at radius 3 is 3.15 bits per heavy atom. The Balaban J connectivity index is 1.84. The SMILES string of the molecule is CCOC(=O)c1nnc(Sc2ncnc3nc[nH]c23)o1. The minimum Gasteiger partial charge on any atom is -0.459 e. The van der Waals surface area contributed by atoms with Crippen molar-refractivity contribution in [3.8, 4) is 0 Å². The van der Waals surface area contributed by atoms with Gasteiger partial charge in [-0.2, -0.15) is 0 Å². The summed E-state index contributed by atoms with van der Waals surface area (Å²) in [6.45, 7) is 1.93. The molecule has 3 heterocycles. The second-order valence-corrected chi connectivity index (χ2v) is 4.42. The van der Waals surface area contributed by atoms with Crippen LogP contribution in [0.3, 0.4) is 0 Å². The van der Waals surface area contributed by atoms with Crippen LogP contribution in [0.4, 0.5) is 0 Å². The average molecular weight is 292 g/mol. The van der Waals surface area contributed by atoms with Gasteiger partial charge in [-0.05, 0) is 18.7 Å². The molecule has 3 rings (SSSR count). The molecule has 0 saturated carbocycles. The van der Waals surface area contributed by atoms with E-state index >= 15 is 0 Å². The van der Waals surface area contributed by atoms with E-state index in [1.807, 2.05) is 0 Å². The van der Waals surface area contributed by atoms with Crippen LogP contribution in [-0.4, -0.2) is 42.7 Å². The van der Waals surface area contributed by atoms with E-state index in [4.69, 9.17) is 9.15 Å². The van der Waals surface area contributed by atoms with Crippen LogP contribution in [0.5, 0.6) is 0 Å². The molecule has 102 valence electrons. The third kappa shape index (κ3) is 2.32. The largest absolute Gasteiger partial charge is 0.459 e. The molecule has 9 nitrogen and oxygen atoms in total. The number of nitrogens with one attached hydrogen (secondary N) is 1. The second-order valence-electron chi connectivity index (χ2n) is 3.48. The molecule has 1 N–H and O–H groups in total. The summed E-state index contributed by atoms with van der Waals surface area (Å²) in [5, 5.41) is 8.13.